The molecule has 8 heteroatoms. The summed E-state index contributed by atoms with van der Waals surface area (Å²) in [6, 6.07) is 1.21. The van der Waals surface area contributed by atoms with Gasteiger partial charge >= 0.3 is 6.09 Å². The van der Waals surface area contributed by atoms with Gasteiger partial charge in [-0.25, -0.2) is 14.0 Å². The van der Waals surface area contributed by atoms with Crippen LogP contribution in [0.15, 0.2) is 16.2 Å². The van der Waals surface area contributed by atoms with Crippen LogP contribution in [-0.2, 0) is 16.0 Å². The van der Waals surface area contributed by atoms with E-state index < -0.39 is 17.5 Å². The van der Waals surface area contributed by atoms with Crippen LogP contribution in [0.4, 0.5) is 20.6 Å². The third-order valence-corrected chi connectivity index (χ3v) is 5.23. The van der Waals surface area contributed by atoms with Crippen LogP contribution in [0.3, 0.4) is 0 Å². The van der Waals surface area contributed by atoms with E-state index in [4.69, 9.17) is 4.74 Å². The van der Waals surface area contributed by atoms with Crippen LogP contribution in [0.2, 0.25) is 0 Å². The van der Waals surface area contributed by atoms with Crippen molar-refractivity contribution in [2.24, 2.45) is 0 Å². The standard InChI is InChI=1S/C19H20BrFN2O4/c1-19(2,3)27-18(26)22-16-10-5-4-6-23-14(9-25)15(20)12(8-24)11(17(10)23)7-13(16)21/h7,25H,4-6,9H2,1-3H3,(H,22,26). The Morgan fingerprint density at radius 2 is 2.19 bits per heavy atom. The molecule has 144 valence electrons. The van der Waals surface area contributed by atoms with Crippen molar-refractivity contribution >= 4 is 44.9 Å². The highest BCUT2D eigenvalue weighted by molar-refractivity contribution is 9.12. The summed E-state index contributed by atoms with van der Waals surface area (Å²) in [5.74, 6) is 1.18. The summed E-state index contributed by atoms with van der Waals surface area (Å²) in [5.41, 5.74) is 1.54. The number of halogens is 2. The van der Waals surface area contributed by atoms with E-state index >= 15 is 0 Å². The van der Waals surface area contributed by atoms with E-state index in [0.29, 0.717) is 46.4 Å². The molecule has 0 fully saturated rings. The molecule has 0 spiro atoms. The molecule has 0 bridgehead atoms. The molecule has 1 aromatic carbocycles. The van der Waals surface area contributed by atoms with Crippen molar-refractivity contribution in [2.75, 3.05) is 23.4 Å². The largest absolute Gasteiger partial charge is 0.444 e. The highest BCUT2D eigenvalue weighted by Gasteiger charge is 2.35. The molecule has 2 aliphatic heterocycles. The first-order valence-corrected chi connectivity index (χ1v) is 9.35. The Kier molecular flexibility index (Phi) is 5.16. The van der Waals surface area contributed by atoms with Crippen molar-refractivity contribution in [3.8, 4) is 0 Å². The fourth-order valence-electron chi connectivity index (χ4n) is 3.41. The summed E-state index contributed by atoms with van der Waals surface area (Å²) in [6.45, 7) is 5.47. The molecule has 3 rings (SSSR count). The van der Waals surface area contributed by atoms with Crippen LogP contribution in [0.25, 0.3) is 5.57 Å². The van der Waals surface area contributed by atoms with Crippen LogP contribution >= 0.6 is 15.9 Å². The number of carbonyl (C=O) groups excluding carboxylic acids is 2. The van der Waals surface area contributed by atoms with E-state index in [1.807, 2.05) is 10.8 Å². The van der Waals surface area contributed by atoms with E-state index in [-0.39, 0.29) is 17.9 Å². The number of hydrogen-bond donors (Lipinski definition) is 2. The SMILES string of the molecule is CC(C)(C)OC(=O)Nc1c(F)cc2c3c1CCCN3C(CO)=C(Br)C2=C=O. The van der Waals surface area contributed by atoms with Gasteiger partial charge in [0.25, 0.3) is 0 Å². The maximum absolute atomic E-state index is 14.9. The lowest BCUT2D eigenvalue weighted by atomic mass is 9.89. The molecule has 6 nitrogen and oxygen atoms in total. The molecule has 0 saturated heterocycles. The first kappa shape index (κ1) is 19.6. The molecule has 0 unspecified atom stereocenters. The van der Waals surface area contributed by atoms with Gasteiger partial charge in [0.05, 0.1) is 33.7 Å². The third kappa shape index (κ3) is 3.52. The van der Waals surface area contributed by atoms with Crippen molar-refractivity contribution in [3.05, 3.63) is 33.2 Å². The number of nitrogens with zero attached hydrogens (tertiary/aromatic N) is 1. The van der Waals surface area contributed by atoms with Crippen molar-refractivity contribution in [2.45, 2.75) is 39.2 Å². The number of aliphatic hydroxyl groups is 1. The lowest BCUT2D eigenvalue weighted by Gasteiger charge is -2.39. The minimum atomic E-state index is -0.754. The molecule has 1 aromatic rings. The zero-order valence-electron chi connectivity index (χ0n) is 15.3. The number of anilines is 2. The van der Waals surface area contributed by atoms with Crippen molar-refractivity contribution < 1.29 is 23.8 Å². The average Bonchev–Trinajstić information content (AvgIpc) is 2.57. The number of amides is 1. The van der Waals surface area contributed by atoms with Crippen molar-refractivity contribution in [1.82, 2.24) is 0 Å². The molecule has 2 N–H and O–H groups in total. The molecule has 27 heavy (non-hydrogen) atoms. The summed E-state index contributed by atoms with van der Waals surface area (Å²) in [6.07, 6.45) is 0.461. The zero-order valence-corrected chi connectivity index (χ0v) is 16.9. The van der Waals surface area contributed by atoms with E-state index in [2.05, 4.69) is 21.2 Å². The van der Waals surface area contributed by atoms with Gasteiger partial charge in [-0.15, -0.1) is 0 Å². The van der Waals surface area contributed by atoms with Crippen molar-refractivity contribution in [1.29, 1.82) is 0 Å². The third-order valence-electron chi connectivity index (χ3n) is 4.38. The van der Waals surface area contributed by atoms with E-state index in [0.717, 1.165) is 0 Å². The van der Waals surface area contributed by atoms with E-state index in [9.17, 15) is 19.1 Å². The highest BCUT2D eigenvalue weighted by atomic mass is 79.9. The van der Waals surface area contributed by atoms with Gasteiger partial charge in [-0.3, -0.25) is 5.32 Å². The summed E-state index contributed by atoms with van der Waals surface area (Å²) in [5, 5.41) is 12.3. The van der Waals surface area contributed by atoms with Gasteiger partial charge in [0, 0.05) is 17.7 Å². The fraction of sp³-hybridized carbons (Fsp3) is 0.421. The Labute approximate surface area is 164 Å². The van der Waals surface area contributed by atoms with Crippen LogP contribution in [0.1, 0.15) is 38.3 Å². The normalized spacial score (nSPS) is 16.1. The van der Waals surface area contributed by atoms with Gasteiger partial charge in [0.1, 0.15) is 17.4 Å². The Morgan fingerprint density at radius 1 is 1.48 bits per heavy atom. The predicted octanol–water partition coefficient (Wildman–Crippen LogP) is 3.75. The number of rotatable bonds is 2. The number of nitrogens with one attached hydrogen (secondary N) is 1. The zero-order chi connectivity index (χ0) is 19.9. The molecule has 1 amide bonds. The monoisotopic (exact) mass is 438 g/mol. The molecule has 0 radical (unpaired) electrons. The second kappa shape index (κ2) is 7.11. The predicted molar refractivity (Wildman–Crippen MR) is 104 cm³/mol. The minimum absolute atomic E-state index is 0.0354. The minimum Gasteiger partial charge on any atom is -0.444 e. The fourth-order valence-corrected chi connectivity index (χ4v) is 4.04. The van der Waals surface area contributed by atoms with Crippen LogP contribution in [-0.4, -0.2) is 35.9 Å². The number of ether oxygens (including phenoxy) is 1. The molecular weight excluding hydrogens is 419 g/mol. The van der Waals surface area contributed by atoms with Crippen LogP contribution in [0, 0.1) is 5.82 Å². The topological polar surface area (TPSA) is 78.9 Å². The van der Waals surface area contributed by atoms with Gasteiger partial charge in [-0.05, 0) is 55.6 Å². The number of benzene rings is 1. The van der Waals surface area contributed by atoms with Gasteiger partial charge in [0.15, 0.2) is 0 Å². The molecule has 2 aliphatic rings. The molecule has 0 saturated carbocycles. The maximum Gasteiger partial charge on any atom is 0.412 e. The quantitative estimate of drug-likeness (QED) is 0.687. The molecule has 0 atom stereocenters. The number of hydrogen-bond acceptors (Lipinski definition) is 5. The highest BCUT2D eigenvalue weighted by Crippen LogP contribution is 2.48. The average molecular weight is 439 g/mol. The second-order valence-corrected chi connectivity index (χ2v) is 8.18. The first-order chi connectivity index (χ1) is 12.7. The number of carbonyl (C=O) groups is 1. The Balaban J connectivity index is 2.15. The lowest BCUT2D eigenvalue weighted by molar-refractivity contribution is 0.0635. The van der Waals surface area contributed by atoms with Gasteiger partial charge in [-0.1, -0.05) is 0 Å². The lowest BCUT2D eigenvalue weighted by Crippen LogP contribution is -2.35. The number of allylic oxidation sites excluding steroid dienone is 2. The maximum atomic E-state index is 14.9. The Bertz CT molecular complexity index is 898. The van der Waals surface area contributed by atoms with E-state index in [1.54, 1.807) is 20.8 Å². The van der Waals surface area contributed by atoms with Gasteiger partial charge in [-0.2, -0.15) is 0 Å². The summed E-state index contributed by atoms with van der Waals surface area (Å²) >= 11 is 3.32. The molecule has 0 aliphatic carbocycles. The summed E-state index contributed by atoms with van der Waals surface area (Å²) in [4.78, 5) is 25.5. The second-order valence-electron chi connectivity index (χ2n) is 7.39. The van der Waals surface area contributed by atoms with Crippen LogP contribution in [0.5, 0.6) is 0 Å². The van der Waals surface area contributed by atoms with Gasteiger partial charge < -0.3 is 14.7 Å². The summed E-state index contributed by atoms with van der Waals surface area (Å²) in [7, 11) is 0. The molecule has 0 aromatic heterocycles. The Hall–Kier alpha value is -2.15. The van der Waals surface area contributed by atoms with Crippen molar-refractivity contribution in [3.63, 3.8) is 0 Å². The van der Waals surface area contributed by atoms with E-state index in [1.165, 1.54) is 6.07 Å². The molecular formula is C19H20BrFN2O4. The summed E-state index contributed by atoms with van der Waals surface area (Å²) < 4.78 is 20.5. The molecule has 2 heterocycles. The number of aliphatic hydroxyl groups excluding tert-OH is 1. The van der Waals surface area contributed by atoms with Gasteiger partial charge in [0.2, 0.25) is 0 Å². The van der Waals surface area contributed by atoms with Crippen LogP contribution < -0.4 is 10.2 Å². The smallest absolute Gasteiger partial charge is 0.412 e. The Morgan fingerprint density at radius 3 is 2.78 bits per heavy atom. The first-order valence-electron chi connectivity index (χ1n) is 8.56.